The van der Waals surface area contributed by atoms with Crippen molar-refractivity contribution in [2.75, 3.05) is 7.05 Å². The maximum absolute atomic E-state index is 5.86. The van der Waals surface area contributed by atoms with Crippen LogP contribution in [0.15, 0.2) is 51.5 Å². The van der Waals surface area contributed by atoms with Gasteiger partial charge in [-0.05, 0) is 43.4 Å². The molecule has 0 radical (unpaired) electrons. The van der Waals surface area contributed by atoms with Crippen LogP contribution in [-0.4, -0.2) is 22.1 Å². The van der Waals surface area contributed by atoms with Gasteiger partial charge >= 0.3 is 0 Å². The quantitative estimate of drug-likeness (QED) is 0.720. The normalized spacial score (nSPS) is 11.2. The van der Waals surface area contributed by atoms with Gasteiger partial charge in [-0.3, -0.25) is 4.90 Å². The first-order chi connectivity index (χ1) is 10.2. The molecule has 0 bridgehead atoms. The van der Waals surface area contributed by atoms with Gasteiger partial charge in [-0.2, -0.15) is 0 Å². The molecule has 21 heavy (non-hydrogen) atoms. The van der Waals surface area contributed by atoms with E-state index in [2.05, 4.69) is 10.2 Å². The van der Waals surface area contributed by atoms with Crippen molar-refractivity contribution < 1.29 is 8.83 Å². The van der Waals surface area contributed by atoms with Crippen LogP contribution in [0.1, 0.15) is 11.7 Å². The van der Waals surface area contributed by atoms with E-state index in [1.54, 1.807) is 18.4 Å². The maximum atomic E-state index is 5.86. The van der Waals surface area contributed by atoms with E-state index in [1.165, 1.54) is 0 Å². The van der Waals surface area contributed by atoms with E-state index in [-0.39, 0.29) is 0 Å². The van der Waals surface area contributed by atoms with Crippen molar-refractivity contribution in [2.24, 2.45) is 0 Å². The molecule has 0 spiro atoms. The Morgan fingerprint density at radius 2 is 1.90 bits per heavy atom. The Bertz CT molecular complexity index is 692. The van der Waals surface area contributed by atoms with Gasteiger partial charge in [0.25, 0.3) is 0 Å². The predicted molar refractivity (Wildman–Crippen MR) is 78.6 cm³/mol. The minimum atomic E-state index is 0.494. The fraction of sp³-hybridized carbons (Fsp3) is 0.200. The molecule has 5 nitrogen and oxygen atoms in total. The highest BCUT2D eigenvalue weighted by molar-refractivity contribution is 6.30. The van der Waals surface area contributed by atoms with Crippen molar-refractivity contribution in [3.05, 3.63) is 59.3 Å². The zero-order valence-electron chi connectivity index (χ0n) is 11.5. The van der Waals surface area contributed by atoms with Crippen LogP contribution >= 0.6 is 11.6 Å². The molecular weight excluding hydrogens is 290 g/mol. The van der Waals surface area contributed by atoms with E-state index in [0.717, 1.165) is 11.3 Å². The summed E-state index contributed by atoms with van der Waals surface area (Å²) in [6.07, 6.45) is 1.66. The van der Waals surface area contributed by atoms with Crippen molar-refractivity contribution in [1.82, 2.24) is 15.1 Å². The average Bonchev–Trinajstić information content (AvgIpc) is 3.11. The first-order valence-electron chi connectivity index (χ1n) is 6.50. The summed E-state index contributed by atoms with van der Waals surface area (Å²) >= 11 is 5.86. The molecule has 0 saturated heterocycles. The fourth-order valence-corrected chi connectivity index (χ4v) is 2.11. The summed E-state index contributed by atoms with van der Waals surface area (Å²) in [6, 6.07) is 11.1. The van der Waals surface area contributed by atoms with Crippen molar-refractivity contribution in [2.45, 2.75) is 13.1 Å². The first-order valence-corrected chi connectivity index (χ1v) is 6.88. The summed E-state index contributed by atoms with van der Waals surface area (Å²) < 4.78 is 11.0. The third kappa shape index (κ3) is 3.51. The van der Waals surface area contributed by atoms with Gasteiger partial charge in [-0.25, -0.2) is 0 Å². The molecule has 3 aromatic rings. The van der Waals surface area contributed by atoms with Crippen LogP contribution in [0, 0.1) is 0 Å². The monoisotopic (exact) mass is 303 g/mol. The van der Waals surface area contributed by atoms with Crippen LogP contribution in [0.4, 0.5) is 0 Å². The lowest BCUT2D eigenvalue weighted by molar-refractivity contribution is 0.260. The second kappa shape index (κ2) is 6.11. The van der Waals surface area contributed by atoms with Gasteiger partial charge in [0.15, 0.2) is 0 Å². The third-order valence-corrected chi connectivity index (χ3v) is 3.22. The summed E-state index contributed by atoms with van der Waals surface area (Å²) in [5.41, 5.74) is 0.854. The Balaban J connectivity index is 1.66. The average molecular weight is 304 g/mol. The molecule has 0 unspecified atom stereocenters. The van der Waals surface area contributed by atoms with Gasteiger partial charge in [0.05, 0.1) is 19.4 Å². The first kappa shape index (κ1) is 13.9. The highest BCUT2D eigenvalue weighted by Crippen LogP contribution is 2.20. The SMILES string of the molecule is CN(Cc1ccco1)Cc1nnc(-c2ccc(Cl)cc2)o1. The minimum absolute atomic E-state index is 0.494. The number of halogens is 1. The summed E-state index contributed by atoms with van der Waals surface area (Å²) in [7, 11) is 1.97. The topological polar surface area (TPSA) is 55.3 Å². The van der Waals surface area contributed by atoms with Gasteiger partial charge in [0.1, 0.15) is 5.76 Å². The van der Waals surface area contributed by atoms with Gasteiger partial charge in [-0.15, -0.1) is 10.2 Å². The molecule has 0 saturated carbocycles. The van der Waals surface area contributed by atoms with E-state index in [4.69, 9.17) is 20.4 Å². The molecule has 0 fully saturated rings. The lowest BCUT2D eigenvalue weighted by atomic mass is 10.2. The van der Waals surface area contributed by atoms with E-state index in [9.17, 15) is 0 Å². The maximum Gasteiger partial charge on any atom is 0.247 e. The van der Waals surface area contributed by atoms with Crippen LogP contribution in [0.3, 0.4) is 0 Å². The molecule has 3 rings (SSSR count). The van der Waals surface area contributed by atoms with Crippen LogP contribution in [-0.2, 0) is 13.1 Å². The number of furan rings is 1. The van der Waals surface area contributed by atoms with Gasteiger partial charge < -0.3 is 8.83 Å². The van der Waals surface area contributed by atoms with Crippen molar-refractivity contribution in [3.63, 3.8) is 0 Å². The fourth-order valence-electron chi connectivity index (χ4n) is 1.98. The molecule has 108 valence electrons. The smallest absolute Gasteiger partial charge is 0.247 e. The number of hydrogen-bond acceptors (Lipinski definition) is 5. The second-order valence-electron chi connectivity index (χ2n) is 4.76. The number of benzene rings is 1. The van der Waals surface area contributed by atoms with Crippen molar-refractivity contribution >= 4 is 11.6 Å². The largest absolute Gasteiger partial charge is 0.468 e. The highest BCUT2D eigenvalue weighted by atomic mass is 35.5. The number of hydrogen-bond donors (Lipinski definition) is 0. The molecule has 1 aromatic carbocycles. The Morgan fingerprint density at radius 3 is 2.62 bits per heavy atom. The Labute approximate surface area is 127 Å². The molecular formula is C15H14ClN3O2. The molecule has 0 aliphatic heterocycles. The van der Waals surface area contributed by atoms with Gasteiger partial charge in [0.2, 0.25) is 11.8 Å². The summed E-state index contributed by atoms with van der Waals surface area (Å²) in [5, 5.41) is 8.80. The standard InChI is InChI=1S/C15H14ClN3O2/c1-19(9-13-3-2-8-20-13)10-14-17-18-15(21-14)11-4-6-12(16)7-5-11/h2-8H,9-10H2,1H3. The van der Waals surface area contributed by atoms with Crippen LogP contribution in [0.25, 0.3) is 11.5 Å². The van der Waals surface area contributed by atoms with Crippen LogP contribution in [0.5, 0.6) is 0 Å². The summed E-state index contributed by atoms with van der Waals surface area (Å²) in [4.78, 5) is 2.04. The molecule has 0 N–H and O–H groups in total. The highest BCUT2D eigenvalue weighted by Gasteiger charge is 2.11. The predicted octanol–water partition coefficient (Wildman–Crippen LogP) is 3.62. The van der Waals surface area contributed by atoms with E-state index < -0.39 is 0 Å². The molecule has 0 amide bonds. The molecule has 2 heterocycles. The Kier molecular flexibility index (Phi) is 4.03. The van der Waals surface area contributed by atoms with E-state index >= 15 is 0 Å². The van der Waals surface area contributed by atoms with Crippen molar-refractivity contribution in [1.29, 1.82) is 0 Å². The van der Waals surface area contributed by atoms with Crippen molar-refractivity contribution in [3.8, 4) is 11.5 Å². The lowest BCUT2D eigenvalue weighted by Crippen LogP contribution is -2.17. The molecule has 0 aliphatic rings. The second-order valence-corrected chi connectivity index (χ2v) is 5.20. The molecule has 0 aliphatic carbocycles. The summed E-state index contributed by atoms with van der Waals surface area (Å²) in [5.74, 6) is 1.96. The lowest BCUT2D eigenvalue weighted by Gasteiger charge is -2.11. The van der Waals surface area contributed by atoms with Gasteiger partial charge in [-0.1, -0.05) is 11.6 Å². The Morgan fingerprint density at radius 1 is 1.10 bits per heavy atom. The number of rotatable bonds is 5. The van der Waals surface area contributed by atoms with Crippen LogP contribution in [0.2, 0.25) is 5.02 Å². The molecule has 0 atom stereocenters. The molecule has 6 heteroatoms. The Hall–Kier alpha value is -2.11. The number of aromatic nitrogens is 2. The summed E-state index contributed by atoms with van der Waals surface area (Å²) in [6.45, 7) is 1.24. The third-order valence-electron chi connectivity index (χ3n) is 2.97. The molecule has 2 aromatic heterocycles. The zero-order valence-corrected chi connectivity index (χ0v) is 12.2. The zero-order chi connectivity index (χ0) is 14.7. The van der Waals surface area contributed by atoms with E-state index in [1.807, 2.05) is 36.2 Å². The van der Waals surface area contributed by atoms with Gasteiger partial charge in [0, 0.05) is 10.6 Å². The minimum Gasteiger partial charge on any atom is -0.468 e. The van der Waals surface area contributed by atoms with E-state index in [0.29, 0.717) is 29.9 Å². The number of nitrogens with zero attached hydrogens (tertiary/aromatic N) is 3. The van der Waals surface area contributed by atoms with Crippen LogP contribution < -0.4 is 0 Å².